The minimum Gasteiger partial charge on any atom is -0.312 e. The summed E-state index contributed by atoms with van der Waals surface area (Å²) in [6.07, 6.45) is 6.35. The Kier molecular flexibility index (Phi) is 5.62. The Bertz CT molecular complexity index is 416. The zero-order chi connectivity index (χ0) is 14.5. The molecule has 2 rings (SSSR count). The fourth-order valence-electron chi connectivity index (χ4n) is 3.68. The molecule has 1 aromatic rings. The van der Waals surface area contributed by atoms with Crippen LogP contribution >= 0.6 is 0 Å². The van der Waals surface area contributed by atoms with E-state index in [0.29, 0.717) is 18.1 Å². The Hall–Kier alpha value is -0.860. The second-order valence-electron chi connectivity index (χ2n) is 6.23. The van der Waals surface area contributed by atoms with Gasteiger partial charge in [-0.05, 0) is 57.8 Å². The Morgan fingerprint density at radius 2 is 2.10 bits per heavy atom. The molecule has 0 saturated carbocycles. The van der Waals surface area contributed by atoms with Gasteiger partial charge in [0.2, 0.25) is 0 Å². The maximum absolute atomic E-state index is 3.59. The van der Waals surface area contributed by atoms with E-state index in [1.54, 1.807) is 0 Å². The zero-order valence-electron chi connectivity index (χ0n) is 13.5. The van der Waals surface area contributed by atoms with Gasteiger partial charge in [0.15, 0.2) is 0 Å². The van der Waals surface area contributed by atoms with Crippen molar-refractivity contribution >= 4 is 0 Å². The molecule has 1 N–H and O–H groups in total. The standard InChI is InChI=1S/C18H30N2/c1-5-9-14(2)20(4)17-13-8-11-15-10-6-7-12-16(15)18(17)19-3/h6-7,10,12,14,17-19H,5,8-9,11,13H2,1-4H3. The normalized spacial score (nSPS) is 24.2. The molecule has 0 radical (unpaired) electrons. The quantitative estimate of drug-likeness (QED) is 0.822. The summed E-state index contributed by atoms with van der Waals surface area (Å²) in [6.45, 7) is 4.65. The lowest BCUT2D eigenvalue weighted by molar-refractivity contribution is 0.135. The van der Waals surface area contributed by atoms with Crippen molar-refractivity contribution in [1.29, 1.82) is 0 Å². The van der Waals surface area contributed by atoms with Gasteiger partial charge in [0.05, 0.1) is 0 Å². The lowest BCUT2D eigenvalue weighted by Gasteiger charge is -2.38. The average molecular weight is 274 g/mol. The van der Waals surface area contributed by atoms with Crippen LogP contribution in [0.3, 0.4) is 0 Å². The third-order valence-electron chi connectivity index (χ3n) is 4.96. The molecular weight excluding hydrogens is 244 g/mol. The van der Waals surface area contributed by atoms with Gasteiger partial charge in [0, 0.05) is 18.1 Å². The van der Waals surface area contributed by atoms with E-state index in [1.807, 2.05) is 0 Å². The van der Waals surface area contributed by atoms with Crippen LogP contribution in [0.1, 0.15) is 56.7 Å². The molecule has 2 heteroatoms. The summed E-state index contributed by atoms with van der Waals surface area (Å²) >= 11 is 0. The van der Waals surface area contributed by atoms with Crippen LogP contribution in [0, 0.1) is 0 Å². The highest BCUT2D eigenvalue weighted by Gasteiger charge is 2.30. The highest BCUT2D eigenvalue weighted by Crippen LogP contribution is 2.32. The smallest absolute Gasteiger partial charge is 0.0478 e. The van der Waals surface area contributed by atoms with Crippen LogP contribution in [0.25, 0.3) is 0 Å². The Morgan fingerprint density at radius 1 is 1.35 bits per heavy atom. The van der Waals surface area contributed by atoms with Gasteiger partial charge >= 0.3 is 0 Å². The van der Waals surface area contributed by atoms with Crippen molar-refractivity contribution in [3.8, 4) is 0 Å². The number of nitrogens with one attached hydrogen (secondary N) is 1. The minimum atomic E-state index is 0.456. The molecule has 0 aliphatic heterocycles. The first-order valence-corrected chi connectivity index (χ1v) is 8.16. The van der Waals surface area contributed by atoms with Crippen molar-refractivity contribution in [2.24, 2.45) is 0 Å². The molecule has 0 amide bonds. The molecule has 112 valence electrons. The summed E-state index contributed by atoms with van der Waals surface area (Å²) in [7, 11) is 4.42. The first-order valence-electron chi connectivity index (χ1n) is 8.16. The summed E-state index contributed by atoms with van der Waals surface area (Å²) in [5, 5.41) is 3.59. The van der Waals surface area contributed by atoms with Crippen LogP contribution in [0.2, 0.25) is 0 Å². The molecule has 0 saturated heterocycles. The fraction of sp³-hybridized carbons (Fsp3) is 0.667. The second-order valence-corrected chi connectivity index (χ2v) is 6.23. The first-order chi connectivity index (χ1) is 9.69. The van der Waals surface area contributed by atoms with Gasteiger partial charge in [0.1, 0.15) is 0 Å². The van der Waals surface area contributed by atoms with Gasteiger partial charge < -0.3 is 5.32 Å². The number of fused-ring (bicyclic) bond motifs is 1. The summed E-state index contributed by atoms with van der Waals surface area (Å²) in [5.74, 6) is 0. The topological polar surface area (TPSA) is 15.3 Å². The largest absolute Gasteiger partial charge is 0.312 e. The van der Waals surface area contributed by atoms with Crippen LogP contribution in [0.5, 0.6) is 0 Å². The molecule has 0 aromatic heterocycles. The van der Waals surface area contributed by atoms with Crippen molar-refractivity contribution in [2.45, 2.75) is 64.1 Å². The van der Waals surface area contributed by atoms with Crippen LogP contribution in [-0.2, 0) is 6.42 Å². The Morgan fingerprint density at radius 3 is 2.80 bits per heavy atom. The number of hydrogen-bond donors (Lipinski definition) is 1. The monoisotopic (exact) mass is 274 g/mol. The van der Waals surface area contributed by atoms with Crippen LogP contribution in [0.4, 0.5) is 0 Å². The molecule has 0 fully saturated rings. The Balaban J connectivity index is 2.25. The van der Waals surface area contributed by atoms with Crippen LogP contribution < -0.4 is 5.32 Å². The van der Waals surface area contributed by atoms with Crippen molar-refractivity contribution < 1.29 is 0 Å². The molecule has 3 unspecified atom stereocenters. The highest BCUT2D eigenvalue weighted by atomic mass is 15.2. The summed E-state index contributed by atoms with van der Waals surface area (Å²) in [4.78, 5) is 2.60. The van der Waals surface area contributed by atoms with E-state index in [9.17, 15) is 0 Å². The highest BCUT2D eigenvalue weighted by molar-refractivity contribution is 5.32. The lowest BCUT2D eigenvalue weighted by Crippen LogP contribution is -2.45. The molecule has 20 heavy (non-hydrogen) atoms. The van der Waals surface area contributed by atoms with E-state index in [4.69, 9.17) is 0 Å². The zero-order valence-corrected chi connectivity index (χ0v) is 13.5. The maximum Gasteiger partial charge on any atom is 0.0478 e. The van der Waals surface area contributed by atoms with E-state index in [1.165, 1.54) is 43.2 Å². The third kappa shape index (κ3) is 3.24. The van der Waals surface area contributed by atoms with Crippen molar-refractivity contribution in [3.63, 3.8) is 0 Å². The van der Waals surface area contributed by atoms with Gasteiger partial charge in [-0.25, -0.2) is 0 Å². The van der Waals surface area contributed by atoms with Gasteiger partial charge in [0.25, 0.3) is 0 Å². The molecule has 0 heterocycles. The van der Waals surface area contributed by atoms with Gasteiger partial charge in [-0.3, -0.25) is 4.90 Å². The second kappa shape index (κ2) is 7.24. The van der Waals surface area contributed by atoms with Gasteiger partial charge in [-0.1, -0.05) is 37.6 Å². The minimum absolute atomic E-state index is 0.456. The van der Waals surface area contributed by atoms with Crippen molar-refractivity contribution in [2.75, 3.05) is 14.1 Å². The molecule has 2 nitrogen and oxygen atoms in total. The summed E-state index contributed by atoms with van der Waals surface area (Å²) in [5.41, 5.74) is 3.04. The van der Waals surface area contributed by atoms with Crippen LogP contribution in [0.15, 0.2) is 24.3 Å². The number of benzene rings is 1. The van der Waals surface area contributed by atoms with E-state index >= 15 is 0 Å². The van der Waals surface area contributed by atoms with Crippen molar-refractivity contribution in [3.05, 3.63) is 35.4 Å². The fourth-order valence-corrected chi connectivity index (χ4v) is 3.68. The molecular formula is C18H30N2. The maximum atomic E-state index is 3.59. The van der Waals surface area contributed by atoms with E-state index in [0.717, 1.165) is 0 Å². The van der Waals surface area contributed by atoms with E-state index in [-0.39, 0.29) is 0 Å². The van der Waals surface area contributed by atoms with Crippen LogP contribution in [-0.4, -0.2) is 31.1 Å². The number of aryl methyl sites for hydroxylation is 1. The lowest BCUT2D eigenvalue weighted by atomic mass is 9.94. The average Bonchev–Trinajstić information content (AvgIpc) is 2.65. The molecule has 1 aliphatic carbocycles. The number of likely N-dealkylation sites (N-methyl/N-ethyl adjacent to an activating group) is 2. The summed E-state index contributed by atoms with van der Waals surface area (Å²) < 4.78 is 0. The predicted octanol–water partition coefficient (Wildman–Crippen LogP) is 3.77. The third-order valence-corrected chi connectivity index (χ3v) is 4.96. The van der Waals surface area contributed by atoms with E-state index < -0.39 is 0 Å². The SMILES string of the molecule is CCCC(C)N(C)C1CCCc2ccccc2C1NC. The molecule has 0 spiro atoms. The summed E-state index contributed by atoms with van der Waals surface area (Å²) in [6, 6.07) is 10.7. The van der Waals surface area contributed by atoms with E-state index in [2.05, 4.69) is 62.4 Å². The number of nitrogens with zero attached hydrogens (tertiary/aromatic N) is 1. The van der Waals surface area contributed by atoms with Crippen molar-refractivity contribution in [1.82, 2.24) is 10.2 Å². The molecule has 3 atom stereocenters. The van der Waals surface area contributed by atoms with Gasteiger partial charge in [-0.15, -0.1) is 0 Å². The molecule has 1 aromatic carbocycles. The number of rotatable bonds is 5. The predicted molar refractivity (Wildman–Crippen MR) is 87.1 cm³/mol. The first kappa shape index (κ1) is 15.5. The molecule has 0 bridgehead atoms. The Labute approximate surface area is 124 Å². The van der Waals surface area contributed by atoms with Gasteiger partial charge in [-0.2, -0.15) is 0 Å². The molecule has 1 aliphatic rings. The number of hydrogen-bond acceptors (Lipinski definition) is 2.